The Morgan fingerprint density at radius 3 is 2.94 bits per heavy atom. The third-order valence-electron chi connectivity index (χ3n) is 3.43. The van der Waals surface area contributed by atoms with Crippen molar-refractivity contribution in [3.8, 4) is 0 Å². The van der Waals surface area contributed by atoms with Gasteiger partial charge >= 0.3 is 0 Å². The van der Waals surface area contributed by atoms with Crippen LogP contribution in [-0.4, -0.2) is 0 Å². The maximum Gasteiger partial charge on any atom is 0.0740 e. The van der Waals surface area contributed by atoms with E-state index in [1.165, 1.54) is 27.1 Å². The largest absolute Gasteiger partial charge is 0.372 e. The van der Waals surface area contributed by atoms with E-state index >= 15 is 0 Å². The van der Waals surface area contributed by atoms with Crippen LogP contribution >= 0.6 is 27.3 Å². The number of benzene rings is 1. The molecule has 2 heterocycles. The van der Waals surface area contributed by atoms with Crippen LogP contribution in [0.1, 0.15) is 38.9 Å². The second-order valence-corrected chi connectivity index (χ2v) is 6.41. The van der Waals surface area contributed by atoms with Crippen molar-refractivity contribution in [2.24, 2.45) is 0 Å². The monoisotopic (exact) mass is 322 g/mol. The molecule has 18 heavy (non-hydrogen) atoms. The number of alkyl halides is 1. The van der Waals surface area contributed by atoms with Gasteiger partial charge in [-0.05, 0) is 40.1 Å². The standard InChI is InChI=1S/C15H15BrOS/c1-2-10-5-6-18-15(10)14(16)11-3-4-12-8-17-9-13(12)7-11/h3-7,14H,2,8-9H2,1H3. The molecule has 0 saturated carbocycles. The van der Waals surface area contributed by atoms with Crippen LogP contribution in [0.3, 0.4) is 0 Å². The lowest BCUT2D eigenvalue weighted by Gasteiger charge is -2.12. The van der Waals surface area contributed by atoms with Crippen molar-refractivity contribution in [1.29, 1.82) is 0 Å². The normalized spacial score (nSPS) is 15.7. The zero-order valence-electron chi connectivity index (χ0n) is 10.3. The van der Waals surface area contributed by atoms with Gasteiger partial charge in [-0.2, -0.15) is 0 Å². The van der Waals surface area contributed by atoms with Gasteiger partial charge in [0.2, 0.25) is 0 Å². The first-order valence-corrected chi connectivity index (χ1v) is 7.99. The van der Waals surface area contributed by atoms with Gasteiger partial charge in [0.15, 0.2) is 0 Å². The predicted octanol–water partition coefficient (Wildman–Crippen LogP) is 4.83. The molecule has 0 saturated heterocycles. The van der Waals surface area contributed by atoms with Gasteiger partial charge in [0.25, 0.3) is 0 Å². The van der Waals surface area contributed by atoms with Crippen molar-refractivity contribution in [1.82, 2.24) is 0 Å². The van der Waals surface area contributed by atoms with Gasteiger partial charge in [-0.25, -0.2) is 0 Å². The summed E-state index contributed by atoms with van der Waals surface area (Å²) in [6, 6.07) is 8.92. The van der Waals surface area contributed by atoms with E-state index < -0.39 is 0 Å². The highest BCUT2D eigenvalue weighted by molar-refractivity contribution is 9.09. The molecule has 94 valence electrons. The molecule has 0 spiro atoms. The fourth-order valence-electron chi connectivity index (χ4n) is 2.36. The highest BCUT2D eigenvalue weighted by atomic mass is 79.9. The molecule has 3 rings (SSSR count). The van der Waals surface area contributed by atoms with E-state index in [1.807, 2.05) is 11.3 Å². The number of thiophene rings is 1. The Hall–Kier alpha value is -0.640. The summed E-state index contributed by atoms with van der Waals surface area (Å²) in [5, 5.41) is 2.18. The molecule has 1 atom stereocenters. The van der Waals surface area contributed by atoms with Crippen LogP contribution in [0, 0.1) is 0 Å². The van der Waals surface area contributed by atoms with Crippen LogP contribution in [0.25, 0.3) is 0 Å². The minimum atomic E-state index is 0.304. The third kappa shape index (κ3) is 2.15. The Labute approximate surface area is 120 Å². The molecule has 0 amide bonds. The summed E-state index contributed by atoms with van der Waals surface area (Å²) in [5.74, 6) is 0. The SMILES string of the molecule is CCc1ccsc1C(Br)c1ccc2c(c1)COC2. The molecule has 0 N–H and O–H groups in total. The van der Waals surface area contributed by atoms with Gasteiger partial charge < -0.3 is 4.74 Å². The molecule has 1 aromatic heterocycles. The van der Waals surface area contributed by atoms with Crippen LogP contribution < -0.4 is 0 Å². The summed E-state index contributed by atoms with van der Waals surface area (Å²) in [6.45, 7) is 3.73. The number of fused-ring (bicyclic) bond motifs is 1. The highest BCUT2D eigenvalue weighted by Gasteiger charge is 2.18. The van der Waals surface area contributed by atoms with E-state index in [0.29, 0.717) is 4.83 Å². The third-order valence-corrected chi connectivity index (χ3v) is 5.74. The topological polar surface area (TPSA) is 9.23 Å². The fourth-order valence-corrected chi connectivity index (χ4v) is 4.26. The van der Waals surface area contributed by atoms with Gasteiger partial charge in [-0.15, -0.1) is 11.3 Å². The molecule has 2 aromatic rings. The molecular formula is C15H15BrOS. The molecule has 0 aliphatic carbocycles. The van der Waals surface area contributed by atoms with Crippen LogP contribution in [0.2, 0.25) is 0 Å². The lowest BCUT2D eigenvalue weighted by molar-refractivity contribution is 0.134. The van der Waals surface area contributed by atoms with Gasteiger partial charge in [0.1, 0.15) is 0 Å². The molecule has 1 aromatic carbocycles. The van der Waals surface area contributed by atoms with Crippen molar-refractivity contribution in [2.45, 2.75) is 31.4 Å². The summed E-state index contributed by atoms with van der Waals surface area (Å²) in [4.78, 5) is 1.73. The Morgan fingerprint density at radius 2 is 2.11 bits per heavy atom. The van der Waals surface area contributed by atoms with E-state index in [1.54, 1.807) is 0 Å². The Balaban J connectivity index is 1.95. The molecule has 1 nitrogen and oxygen atoms in total. The minimum absolute atomic E-state index is 0.304. The average Bonchev–Trinajstić information content (AvgIpc) is 3.05. The second kappa shape index (κ2) is 5.16. The van der Waals surface area contributed by atoms with Gasteiger partial charge in [0.05, 0.1) is 18.0 Å². The van der Waals surface area contributed by atoms with Crippen molar-refractivity contribution in [3.05, 3.63) is 56.8 Å². The van der Waals surface area contributed by atoms with E-state index in [4.69, 9.17) is 4.74 Å². The Morgan fingerprint density at radius 1 is 1.28 bits per heavy atom. The number of aryl methyl sites for hydroxylation is 1. The maximum absolute atomic E-state index is 5.47. The number of rotatable bonds is 3. The number of ether oxygens (including phenoxy) is 1. The lowest BCUT2D eigenvalue weighted by Crippen LogP contribution is -1.95. The molecule has 1 unspecified atom stereocenters. The molecule has 1 aliphatic rings. The maximum atomic E-state index is 5.47. The van der Waals surface area contributed by atoms with E-state index in [9.17, 15) is 0 Å². The van der Waals surface area contributed by atoms with Crippen molar-refractivity contribution >= 4 is 27.3 Å². The molecule has 1 aliphatic heterocycles. The summed E-state index contributed by atoms with van der Waals surface area (Å²) in [6.07, 6.45) is 1.09. The van der Waals surface area contributed by atoms with E-state index in [2.05, 4.69) is 52.5 Å². The van der Waals surface area contributed by atoms with Crippen molar-refractivity contribution in [3.63, 3.8) is 0 Å². The van der Waals surface area contributed by atoms with E-state index in [0.717, 1.165) is 19.6 Å². The summed E-state index contributed by atoms with van der Waals surface area (Å²) in [5.41, 5.74) is 5.45. The van der Waals surface area contributed by atoms with Crippen LogP contribution in [-0.2, 0) is 24.4 Å². The summed E-state index contributed by atoms with van der Waals surface area (Å²) < 4.78 is 5.47. The molecule has 0 bridgehead atoms. The second-order valence-electron chi connectivity index (χ2n) is 4.55. The van der Waals surface area contributed by atoms with Crippen molar-refractivity contribution < 1.29 is 4.74 Å². The first-order chi connectivity index (χ1) is 8.79. The lowest BCUT2D eigenvalue weighted by atomic mass is 10.0. The average molecular weight is 323 g/mol. The zero-order valence-corrected chi connectivity index (χ0v) is 12.7. The predicted molar refractivity (Wildman–Crippen MR) is 79.4 cm³/mol. The molecule has 0 radical (unpaired) electrons. The summed E-state index contributed by atoms with van der Waals surface area (Å²) >= 11 is 5.68. The first-order valence-electron chi connectivity index (χ1n) is 6.19. The van der Waals surface area contributed by atoms with Crippen molar-refractivity contribution in [2.75, 3.05) is 0 Å². The molecular weight excluding hydrogens is 308 g/mol. The van der Waals surface area contributed by atoms with Crippen LogP contribution in [0.5, 0.6) is 0 Å². The number of halogens is 1. The summed E-state index contributed by atoms with van der Waals surface area (Å²) in [7, 11) is 0. The Bertz CT molecular complexity index is 561. The number of hydrogen-bond donors (Lipinski definition) is 0. The number of hydrogen-bond acceptors (Lipinski definition) is 2. The fraction of sp³-hybridized carbons (Fsp3) is 0.333. The zero-order chi connectivity index (χ0) is 12.5. The smallest absolute Gasteiger partial charge is 0.0740 e. The molecule has 0 fully saturated rings. The minimum Gasteiger partial charge on any atom is -0.372 e. The quantitative estimate of drug-likeness (QED) is 0.736. The van der Waals surface area contributed by atoms with Gasteiger partial charge in [-0.3, -0.25) is 0 Å². The van der Waals surface area contributed by atoms with E-state index in [-0.39, 0.29) is 0 Å². The Kier molecular flexibility index (Phi) is 3.55. The van der Waals surface area contributed by atoms with Crippen LogP contribution in [0.15, 0.2) is 29.6 Å². The van der Waals surface area contributed by atoms with Gasteiger partial charge in [-0.1, -0.05) is 41.1 Å². The highest BCUT2D eigenvalue weighted by Crippen LogP contribution is 2.38. The van der Waals surface area contributed by atoms with Gasteiger partial charge in [0, 0.05) is 4.88 Å². The molecule has 3 heteroatoms. The first kappa shape index (κ1) is 12.4. The van der Waals surface area contributed by atoms with Crippen LogP contribution in [0.4, 0.5) is 0 Å².